The van der Waals surface area contributed by atoms with Crippen LogP contribution in [-0.4, -0.2) is 28.1 Å². The van der Waals surface area contributed by atoms with E-state index in [9.17, 15) is 4.79 Å². The van der Waals surface area contributed by atoms with E-state index in [1.165, 1.54) is 11.3 Å². The summed E-state index contributed by atoms with van der Waals surface area (Å²) in [6, 6.07) is 1.73. The lowest BCUT2D eigenvalue weighted by Gasteiger charge is -2.09. The number of nitrogens with two attached hydrogens (primary N) is 1. The topological polar surface area (TPSA) is 84.5 Å². The highest BCUT2D eigenvalue weighted by molar-refractivity contribution is 6.12. The highest BCUT2D eigenvalue weighted by Gasteiger charge is 2.25. The fourth-order valence-electron chi connectivity index (χ4n) is 1.52. The molecule has 0 saturated carbocycles. The van der Waals surface area contributed by atoms with Gasteiger partial charge in [0.2, 0.25) is 0 Å². The van der Waals surface area contributed by atoms with Crippen LogP contribution in [0.2, 0.25) is 0 Å². The maximum Gasteiger partial charge on any atom is 0.254 e. The summed E-state index contributed by atoms with van der Waals surface area (Å²) < 4.78 is 0. The predicted octanol–water partition coefficient (Wildman–Crippen LogP) is 0.227. The molecule has 0 saturated heterocycles. The van der Waals surface area contributed by atoms with Crippen LogP contribution in [0.3, 0.4) is 0 Å². The predicted molar refractivity (Wildman–Crippen MR) is 60.0 cm³/mol. The summed E-state index contributed by atoms with van der Waals surface area (Å²) in [5.41, 5.74) is 7.04. The van der Waals surface area contributed by atoms with Gasteiger partial charge in [0.15, 0.2) is 5.82 Å². The summed E-state index contributed by atoms with van der Waals surface area (Å²) in [5, 5.41) is 5.52. The van der Waals surface area contributed by atoms with Crippen molar-refractivity contribution in [2.24, 2.45) is 10.8 Å². The number of carbonyl (C=O) groups is 1. The molecule has 2 rings (SSSR count). The highest BCUT2D eigenvalue weighted by atomic mass is 16.2. The molecule has 1 amide bonds. The van der Waals surface area contributed by atoms with Gasteiger partial charge < -0.3 is 5.73 Å². The van der Waals surface area contributed by atoms with Crippen LogP contribution in [-0.2, 0) is 4.79 Å². The largest absolute Gasteiger partial charge is 0.330 e. The molecule has 1 aliphatic rings. The zero-order valence-electron chi connectivity index (χ0n) is 9.05. The van der Waals surface area contributed by atoms with E-state index in [1.807, 2.05) is 6.92 Å². The lowest BCUT2D eigenvalue weighted by atomic mass is 10.2. The van der Waals surface area contributed by atoms with Crippen molar-refractivity contribution in [2.45, 2.75) is 19.8 Å². The average molecular weight is 219 g/mol. The minimum absolute atomic E-state index is 0.0680. The Bertz CT molecular complexity index is 443. The summed E-state index contributed by atoms with van der Waals surface area (Å²) in [6.07, 6.45) is 2.40. The quantitative estimate of drug-likeness (QED) is 0.788. The van der Waals surface area contributed by atoms with Crippen LogP contribution in [0, 0.1) is 6.92 Å². The maximum atomic E-state index is 11.7. The normalized spacial score (nSPS) is 15.5. The Morgan fingerprint density at radius 2 is 2.31 bits per heavy atom. The Morgan fingerprint density at radius 1 is 1.50 bits per heavy atom. The van der Waals surface area contributed by atoms with Crippen molar-refractivity contribution in [3.63, 3.8) is 0 Å². The number of anilines is 1. The molecular weight excluding hydrogens is 206 g/mol. The molecule has 2 N–H and O–H groups in total. The van der Waals surface area contributed by atoms with E-state index in [1.54, 1.807) is 6.07 Å². The lowest BCUT2D eigenvalue weighted by molar-refractivity contribution is -0.116. The Balaban J connectivity index is 2.24. The van der Waals surface area contributed by atoms with Crippen LogP contribution < -0.4 is 10.7 Å². The van der Waals surface area contributed by atoms with Gasteiger partial charge in [0.05, 0.1) is 6.42 Å². The van der Waals surface area contributed by atoms with Crippen molar-refractivity contribution in [1.29, 1.82) is 0 Å². The number of carbonyl (C=O) groups excluding carboxylic acids is 1. The Labute approximate surface area is 93.2 Å². The molecule has 0 unspecified atom stereocenters. The summed E-state index contributed by atoms with van der Waals surface area (Å²) in [5.74, 6) is 0.450. The molecule has 1 aromatic heterocycles. The summed E-state index contributed by atoms with van der Waals surface area (Å²) in [6.45, 7) is 2.35. The number of aromatic nitrogens is 2. The highest BCUT2D eigenvalue weighted by Crippen LogP contribution is 2.18. The van der Waals surface area contributed by atoms with Crippen LogP contribution in [0.5, 0.6) is 0 Å². The fourth-order valence-corrected chi connectivity index (χ4v) is 1.52. The average Bonchev–Trinajstić information content (AvgIpc) is 2.60. The lowest BCUT2D eigenvalue weighted by Crippen LogP contribution is -2.20. The number of aryl methyl sites for hydroxylation is 1. The number of hydrogen-bond acceptors (Lipinski definition) is 5. The molecule has 0 atom stereocenters. The van der Waals surface area contributed by atoms with Crippen molar-refractivity contribution in [2.75, 3.05) is 11.6 Å². The monoisotopic (exact) mass is 219 g/mol. The van der Waals surface area contributed by atoms with Crippen molar-refractivity contribution in [3.8, 4) is 0 Å². The van der Waals surface area contributed by atoms with Gasteiger partial charge in [0.1, 0.15) is 6.33 Å². The van der Waals surface area contributed by atoms with E-state index in [-0.39, 0.29) is 5.91 Å². The van der Waals surface area contributed by atoms with Gasteiger partial charge >= 0.3 is 0 Å². The van der Waals surface area contributed by atoms with Gasteiger partial charge in [-0.05, 0) is 13.5 Å². The molecule has 0 radical (unpaired) electrons. The van der Waals surface area contributed by atoms with Gasteiger partial charge in [-0.1, -0.05) is 0 Å². The molecule has 16 heavy (non-hydrogen) atoms. The van der Waals surface area contributed by atoms with Gasteiger partial charge in [-0.2, -0.15) is 10.1 Å². The number of amides is 1. The van der Waals surface area contributed by atoms with Gasteiger partial charge in [0, 0.05) is 23.9 Å². The van der Waals surface area contributed by atoms with Gasteiger partial charge in [-0.3, -0.25) is 4.79 Å². The number of rotatable bonds is 3. The second kappa shape index (κ2) is 4.36. The van der Waals surface area contributed by atoms with E-state index in [0.29, 0.717) is 25.2 Å². The third kappa shape index (κ3) is 2.06. The minimum atomic E-state index is -0.0680. The minimum Gasteiger partial charge on any atom is -0.330 e. The van der Waals surface area contributed by atoms with Crippen LogP contribution >= 0.6 is 0 Å². The Kier molecular flexibility index (Phi) is 2.91. The Hall–Kier alpha value is -1.82. The standard InChI is InChI=1S/C10H13N5O/c1-7-4-9(13-6-12-7)15-10(16)5-8(14-15)2-3-11/h4,6H,2-3,5,11H2,1H3. The van der Waals surface area contributed by atoms with Crippen molar-refractivity contribution >= 4 is 17.4 Å². The first-order chi connectivity index (χ1) is 7.70. The molecule has 0 aromatic carbocycles. The van der Waals surface area contributed by atoms with Crippen LogP contribution in [0.1, 0.15) is 18.5 Å². The van der Waals surface area contributed by atoms with E-state index in [2.05, 4.69) is 15.1 Å². The first-order valence-electron chi connectivity index (χ1n) is 5.08. The SMILES string of the molecule is Cc1cc(N2N=C(CCN)CC2=O)ncn1. The zero-order valence-corrected chi connectivity index (χ0v) is 9.05. The second-order valence-electron chi connectivity index (χ2n) is 3.60. The smallest absolute Gasteiger partial charge is 0.254 e. The van der Waals surface area contributed by atoms with Crippen molar-refractivity contribution in [1.82, 2.24) is 9.97 Å². The first kappa shape index (κ1) is 10.7. The van der Waals surface area contributed by atoms with Crippen molar-refractivity contribution in [3.05, 3.63) is 18.1 Å². The fraction of sp³-hybridized carbons (Fsp3) is 0.400. The molecule has 2 heterocycles. The molecule has 0 bridgehead atoms. The summed E-state index contributed by atoms with van der Waals surface area (Å²) >= 11 is 0. The van der Waals surface area contributed by atoms with Gasteiger partial charge in [-0.25, -0.2) is 9.97 Å². The van der Waals surface area contributed by atoms with E-state index < -0.39 is 0 Å². The second-order valence-corrected chi connectivity index (χ2v) is 3.60. The zero-order chi connectivity index (χ0) is 11.5. The molecule has 6 heteroatoms. The molecule has 1 aromatic rings. The summed E-state index contributed by atoms with van der Waals surface area (Å²) in [7, 11) is 0. The molecule has 84 valence electrons. The van der Waals surface area contributed by atoms with Gasteiger partial charge in [0.25, 0.3) is 5.91 Å². The third-order valence-corrected chi connectivity index (χ3v) is 2.27. The van der Waals surface area contributed by atoms with E-state index >= 15 is 0 Å². The molecule has 0 fully saturated rings. The van der Waals surface area contributed by atoms with Crippen LogP contribution in [0.25, 0.3) is 0 Å². The van der Waals surface area contributed by atoms with E-state index in [4.69, 9.17) is 5.73 Å². The first-order valence-corrected chi connectivity index (χ1v) is 5.08. The van der Waals surface area contributed by atoms with Gasteiger partial charge in [-0.15, -0.1) is 0 Å². The molecule has 0 spiro atoms. The van der Waals surface area contributed by atoms with Crippen LogP contribution in [0.15, 0.2) is 17.5 Å². The maximum absolute atomic E-state index is 11.7. The van der Waals surface area contributed by atoms with E-state index in [0.717, 1.165) is 11.4 Å². The number of hydrazone groups is 1. The molecule has 0 aliphatic carbocycles. The molecular formula is C10H13N5O. The molecule has 1 aliphatic heterocycles. The number of hydrogen-bond donors (Lipinski definition) is 1. The summed E-state index contributed by atoms with van der Waals surface area (Å²) in [4.78, 5) is 19.7. The number of nitrogens with zero attached hydrogens (tertiary/aromatic N) is 4. The van der Waals surface area contributed by atoms with Crippen LogP contribution in [0.4, 0.5) is 5.82 Å². The van der Waals surface area contributed by atoms with Crippen molar-refractivity contribution < 1.29 is 4.79 Å². The molecule has 6 nitrogen and oxygen atoms in total. The Morgan fingerprint density at radius 3 is 3.00 bits per heavy atom. The third-order valence-electron chi connectivity index (χ3n) is 2.27.